The molecule has 0 saturated heterocycles. The zero-order valence-electron chi connectivity index (χ0n) is 9.12. The van der Waals surface area contributed by atoms with Crippen LogP contribution in [0.4, 0.5) is 0 Å². The van der Waals surface area contributed by atoms with Gasteiger partial charge in [-0.1, -0.05) is 11.2 Å². The van der Waals surface area contributed by atoms with Gasteiger partial charge in [0.05, 0.1) is 0 Å². The fourth-order valence-corrected chi connectivity index (χ4v) is 1.77. The van der Waals surface area contributed by atoms with E-state index in [1.807, 2.05) is 0 Å². The van der Waals surface area contributed by atoms with E-state index in [0.717, 1.165) is 0 Å². The minimum Gasteiger partial charge on any atom is -0.410 e. The summed E-state index contributed by atoms with van der Waals surface area (Å²) in [6.07, 6.45) is 3.01. The molecule has 0 fully saturated rings. The SMILES string of the molecule is O=C(/C(=N\O)c1ccnc(Br)c1)c1ccccn1. The van der Waals surface area contributed by atoms with Crippen LogP contribution < -0.4 is 0 Å². The van der Waals surface area contributed by atoms with E-state index in [4.69, 9.17) is 5.21 Å². The molecular weight excluding hydrogens is 298 g/mol. The van der Waals surface area contributed by atoms with Crippen molar-refractivity contribution in [3.8, 4) is 0 Å². The Bertz CT molecular complexity index is 599. The molecule has 2 heterocycles. The van der Waals surface area contributed by atoms with Gasteiger partial charge in [0.2, 0.25) is 5.78 Å². The molecule has 0 aliphatic carbocycles. The summed E-state index contributed by atoms with van der Waals surface area (Å²) >= 11 is 3.19. The third kappa shape index (κ3) is 2.60. The number of ketones is 1. The van der Waals surface area contributed by atoms with Crippen LogP contribution in [0.3, 0.4) is 0 Å². The van der Waals surface area contributed by atoms with Gasteiger partial charge in [0, 0.05) is 18.0 Å². The number of rotatable bonds is 3. The van der Waals surface area contributed by atoms with Gasteiger partial charge in [0.25, 0.3) is 0 Å². The normalized spacial score (nSPS) is 11.3. The molecule has 6 heteroatoms. The summed E-state index contributed by atoms with van der Waals surface area (Å²) in [5.41, 5.74) is 0.616. The molecule has 0 saturated carbocycles. The second kappa shape index (κ2) is 5.50. The second-order valence-electron chi connectivity index (χ2n) is 3.36. The molecule has 0 atom stereocenters. The average molecular weight is 306 g/mol. The lowest BCUT2D eigenvalue weighted by Gasteiger charge is -2.03. The van der Waals surface area contributed by atoms with Crippen LogP contribution in [-0.4, -0.2) is 26.7 Å². The van der Waals surface area contributed by atoms with Crippen LogP contribution in [0.15, 0.2) is 52.5 Å². The second-order valence-corrected chi connectivity index (χ2v) is 4.17. The number of halogens is 1. The molecule has 2 aromatic heterocycles. The highest BCUT2D eigenvalue weighted by atomic mass is 79.9. The van der Waals surface area contributed by atoms with Gasteiger partial charge in [-0.3, -0.25) is 9.78 Å². The van der Waals surface area contributed by atoms with Gasteiger partial charge < -0.3 is 5.21 Å². The summed E-state index contributed by atoms with van der Waals surface area (Å²) in [5, 5.41) is 12.1. The summed E-state index contributed by atoms with van der Waals surface area (Å²) in [4.78, 5) is 20.0. The molecule has 0 radical (unpaired) electrons. The first-order chi connectivity index (χ1) is 8.72. The Morgan fingerprint density at radius 1 is 1.22 bits per heavy atom. The number of carbonyl (C=O) groups excluding carboxylic acids is 1. The van der Waals surface area contributed by atoms with E-state index < -0.39 is 5.78 Å². The first-order valence-electron chi connectivity index (χ1n) is 5.02. The summed E-state index contributed by atoms with van der Waals surface area (Å²) in [5.74, 6) is -0.448. The van der Waals surface area contributed by atoms with Crippen molar-refractivity contribution >= 4 is 27.4 Å². The Kier molecular flexibility index (Phi) is 3.78. The molecule has 2 rings (SSSR count). The van der Waals surface area contributed by atoms with Crippen LogP contribution in [0.1, 0.15) is 16.1 Å². The van der Waals surface area contributed by atoms with Crippen LogP contribution in [-0.2, 0) is 0 Å². The standard InChI is InChI=1S/C12H8BrN3O2/c13-10-7-8(4-6-15-10)11(16-18)12(17)9-3-1-2-5-14-9/h1-7,18H/b16-11-. The van der Waals surface area contributed by atoms with Gasteiger partial charge in [0.15, 0.2) is 5.71 Å². The highest BCUT2D eigenvalue weighted by Gasteiger charge is 2.18. The maximum Gasteiger partial charge on any atom is 0.233 e. The highest BCUT2D eigenvalue weighted by Crippen LogP contribution is 2.11. The molecule has 90 valence electrons. The number of hydrogen-bond acceptors (Lipinski definition) is 5. The van der Waals surface area contributed by atoms with Crippen molar-refractivity contribution < 1.29 is 10.0 Å². The summed E-state index contributed by atoms with van der Waals surface area (Å²) in [6, 6.07) is 8.13. The van der Waals surface area contributed by atoms with E-state index in [1.54, 1.807) is 30.3 Å². The lowest BCUT2D eigenvalue weighted by molar-refractivity contribution is 0.105. The van der Waals surface area contributed by atoms with Gasteiger partial charge in [-0.05, 0) is 40.2 Å². The molecule has 0 aromatic carbocycles. The van der Waals surface area contributed by atoms with Crippen LogP contribution in [0.2, 0.25) is 0 Å². The Labute approximate surface area is 111 Å². The molecule has 0 amide bonds. The van der Waals surface area contributed by atoms with Gasteiger partial charge in [-0.2, -0.15) is 0 Å². The van der Waals surface area contributed by atoms with Crippen LogP contribution in [0.25, 0.3) is 0 Å². The van der Waals surface area contributed by atoms with E-state index in [-0.39, 0.29) is 11.4 Å². The lowest BCUT2D eigenvalue weighted by Crippen LogP contribution is -2.17. The fraction of sp³-hybridized carbons (Fsp3) is 0. The summed E-state index contributed by atoms with van der Waals surface area (Å²) < 4.78 is 0.551. The van der Waals surface area contributed by atoms with Crippen LogP contribution >= 0.6 is 15.9 Å². The van der Waals surface area contributed by atoms with E-state index >= 15 is 0 Å². The Morgan fingerprint density at radius 2 is 2.06 bits per heavy atom. The Balaban J connectivity index is 2.39. The van der Waals surface area contributed by atoms with E-state index in [0.29, 0.717) is 10.2 Å². The Morgan fingerprint density at radius 3 is 2.67 bits per heavy atom. The quantitative estimate of drug-likeness (QED) is 0.310. The van der Waals surface area contributed by atoms with Crippen molar-refractivity contribution in [3.63, 3.8) is 0 Å². The minimum absolute atomic E-state index is 0.0724. The lowest BCUT2D eigenvalue weighted by atomic mass is 10.1. The van der Waals surface area contributed by atoms with Gasteiger partial charge in [0.1, 0.15) is 10.3 Å². The molecule has 5 nitrogen and oxygen atoms in total. The summed E-state index contributed by atoms with van der Waals surface area (Å²) in [7, 11) is 0. The number of oxime groups is 1. The average Bonchev–Trinajstić information content (AvgIpc) is 2.40. The molecule has 0 unspecified atom stereocenters. The van der Waals surface area contributed by atoms with Crippen molar-refractivity contribution in [3.05, 3.63) is 58.6 Å². The maximum atomic E-state index is 12.1. The highest BCUT2D eigenvalue weighted by molar-refractivity contribution is 9.10. The summed E-state index contributed by atoms with van der Waals surface area (Å²) in [6.45, 7) is 0. The van der Waals surface area contributed by atoms with Gasteiger partial charge >= 0.3 is 0 Å². The molecule has 1 N–H and O–H groups in total. The zero-order chi connectivity index (χ0) is 13.0. The number of carbonyl (C=O) groups is 1. The van der Waals surface area contributed by atoms with Crippen molar-refractivity contribution in [1.82, 2.24) is 9.97 Å². The van der Waals surface area contributed by atoms with Crippen molar-refractivity contribution in [2.24, 2.45) is 5.16 Å². The molecule has 0 spiro atoms. The predicted octanol–water partition coefficient (Wildman–Crippen LogP) is 2.30. The van der Waals surface area contributed by atoms with Crippen molar-refractivity contribution in [1.29, 1.82) is 0 Å². The van der Waals surface area contributed by atoms with Crippen LogP contribution in [0.5, 0.6) is 0 Å². The zero-order valence-corrected chi connectivity index (χ0v) is 10.7. The largest absolute Gasteiger partial charge is 0.410 e. The molecule has 18 heavy (non-hydrogen) atoms. The molecule has 0 aliphatic heterocycles. The number of Topliss-reactive ketones (excluding diaryl/α,β-unsaturated/α-hetero) is 1. The van der Waals surface area contributed by atoms with E-state index in [2.05, 4.69) is 31.1 Å². The first kappa shape index (κ1) is 12.4. The maximum absolute atomic E-state index is 12.1. The van der Waals surface area contributed by atoms with Crippen molar-refractivity contribution in [2.45, 2.75) is 0 Å². The number of nitrogens with zero attached hydrogens (tertiary/aromatic N) is 3. The van der Waals surface area contributed by atoms with Gasteiger partial charge in [-0.15, -0.1) is 0 Å². The molecule has 0 aliphatic rings. The fourth-order valence-electron chi connectivity index (χ4n) is 1.40. The predicted molar refractivity (Wildman–Crippen MR) is 68.8 cm³/mol. The third-order valence-electron chi connectivity index (χ3n) is 2.21. The monoisotopic (exact) mass is 305 g/mol. The van der Waals surface area contributed by atoms with E-state index in [9.17, 15) is 4.79 Å². The van der Waals surface area contributed by atoms with Gasteiger partial charge in [-0.25, -0.2) is 4.98 Å². The van der Waals surface area contributed by atoms with Crippen LogP contribution in [0, 0.1) is 0 Å². The molecule has 0 bridgehead atoms. The molecule has 2 aromatic rings. The first-order valence-corrected chi connectivity index (χ1v) is 5.81. The Hall–Kier alpha value is -2.08. The van der Waals surface area contributed by atoms with E-state index in [1.165, 1.54) is 12.4 Å². The van der Waals surface area contributed by atoms with Crippen molar-refractivity contribution in [2.75, 3.05) is 0 Å². The number of pyridine rings is 2. The number of hydrogen-bond donors (Lipinski definition) is 1. The third-order valence-corrected chi connectivity index (χ3v) is 2.65. The molecular formula is C12H8BrN3O2. The topological polar surface area (TPSA) is 75.4 Å². The minimum atomic E-state index is -0.448. The number of aromatic nitrogens is 2. The smallest absolute Gasteiger partial charge is 0.233 e.